The first kappa shape index (κ1) is 19.5. The molecule has 9 heteroatoms. The number of nitrogens with one attached hydrogen (secondary N) is 1. The molecule has 3 rings (SSSR count). The van der Waals surface area contributed by atoms with Gasteiger partial charge in [-0.3, -0.25) is 0 Å². The van der Waals surface area contributed by atoms with Crippen molar-refractivity contribution in [2.24, 2.45) is 0 Å². The molecule has 0 aliphatic rings. The monoisotopic (exact) mass is 411 g/mol. The van der Waals surface area contributed by atoms with Crippen molar-refractivity contribution in [2.45, 2.75) is 23.5 Å². The van der Waals surface area contributed by atoms with Crippen molar-refractivity contribution in [1.82, 2.24) is 10.2 Å². The lowest BCUT2D eigenvalue weighted by Gasteiger charge is -2.09. The number of rotatable bonds is 8. The van der Waals surface area contributed by atoms with E-state index in [0.29, 0.717) is 10.8 Å². The second-order valence-electron chi connectivity index (χ2n) is 5.51. The van der Waals surface area contributed by atoms with Gasteiger partial charge in [-0.2, -0.15) is 0 Å². The van der Waals surface area contributed by atoms with E-state index in [-0.39, 0.29) is 5.75 Å². The minimum absolute atomic E-state index is 0.264. The Morgan fingerprint density at radius 1 is 1.00 bits per heavy atom. The van der Waals surface area contributed by atoms with Crippen LogP contribution in [0.15, 0.2) is 58.9 Å². The smallest absolute Gasteiger partial charge is 0.406 e. The van der Waals surface area contributed by atoms with Crippen molar-refractivity contribution in [2.75, 3.05) is 11.1 Å². The van der Waals surface area contributed by atoms with Gasteiger partial charge in [-0.1, -0.05) is 53.4 Å². The molecule has 0 radical (unpaired) electrons. The zero-order valence-corrected chi connectivity index (χ0v) is 15.7. The molecule has 0 saturated heterocycles. The predicted molar refractivity (Wildman–Crippen MR) is 102 cm³/mol. The molecule has 2 aromatic carbocycles. The van der Waals surface area contributed by atoms with Gasteiger partial charge in [-0.15, -0.1) is 23.4 Å². The molecule has 0 atom stereocenters. The van der Waals surface area contributed by atoms with Crippen LogP contribution >= 0.6 is 23.1 Å². The molecule has 0 aliphatic carbocycles. The zero-order chi connectivity index (χ0) is 19.1. The molecule has 0 aliphatic heterocycles. The number of anilines is 2. The molecule has 0 bridgehead atoms. The zero-order valence-electron chi connectivity index (χ0n) is 14.1. The topological polar surface area (TPSA) is 47.0 Å². The van der Waals surface area contributed by atoms with Crippen molar-refractivity contribution < 1.29 is 17.9 Å². The Bertz CT molecular complexity index is 839. The van der Waals surface area contributed by atoms with Crippen LogP contribution in [0.2, 0.25) is 0 Å². The first-order valence-electron chi connectivity index (χ1n) is 8.11. The van der Waals surface area contributed by atoms with E-state index in [9.17, 15) is 13.2 Å². The number of ether oxygens (including phenoxy) is 1. The number of hydrogen-bond acceptors (Lipinski definition) is 6. The summed E-state index contributed by atoms with van der Waals surface area (Å²) in [6, 6.07) is 15.8. The van der Waals surface area contributed by atoms with Crippen LogP contribution < -0.4 is 10.1 Å². The Morgan fingerprint density at radius 3 is 2.44 bits per heavy atom. The van der Waals surface area contributed by atoms with Gasteiger partial charge >= 0.3 is 6.36 Å². The van der Waals surface area contributed by atoms with Gasteiger partial charge in [-0.25, -0.2) is 0 Å². The van der Waals surface area contributed by atoms with Crippen LogP contribution in [-0.4, -0.2) is 22.3 Å². The molecule has 1 N–H and O–H groups in total. The highest BCUT2D eigenvalue weighted by Gasteiger charge is 2.30. The quantitative estimate of drug-likeness (QED) is 0.369. The molecule has 0 saturated carbocycles. The summed E-state index contributed by atoms with van der Waals surface area (Å²) in [5.41, 5.74) is 1.93. The van der Waals surface area contributed by atoms with E-state index in [4.69, 9.17) is 0 Å². The normalized spacial score (nSPS) is 11.4. The van der Waals surface area contributed by atoms with Crippen LogP contribution in [0.4, 0.5) is 24.0 Å². The van der Waals surface area contributed by atoms with E-state index in [0.717, 1.165) is 22.9 Å². The fraction of sp³-hybridized carbons (Fsp3) is 0.222. The highest BCUT2D eigenvalue weighted by molar-refractivity contribution is 8.01. The maximum Gasteiger partial charge on any atom is 0.573 e. The molecular formula is C18H16F3N3OS2. The number of thioether (sulfide) groups is 1. The molecule has 0 unspecified atom stereocenters. The molecule has 4 nitrogen and oxygen atoms in total. The predicted octanol–water partition coefficient (Wildman–Crippen LogP) is 5.91. The van der Waals surface area contributed by atoms with Gasteiger partial charge in [0.25, 0.3) is 0 Å². The SMILES string of the molecule is FC(F)(F)Oc1ccc(Nc2nnc(SCCCc3ccccc3)s2)cc1. The number of aromatic nitrogens is 2. The number of halogens is 3. The number of alkyl halides is 3. The van der Waals surface area contributed by atoms with Crippen LogP contribution in [0.5, 0.6) is 5.75 Å². The number of aryl methyl sites for hydroxylation is 1. The lowest BCUT2D eigenvalue weighted by molar-refractivity contribution is -0.274. The molecule has 27 heavy (non-hydrogen) atoms. The summed E-state index contributed by atoms with van der Waals surface area (Å²) >= 11 is 3.05. The van der Waals surface area contributed by atoms with Gasteiger partial charge in [0.2, 0.25) is 5.13 Å². The van der Waals surface area contributed by atoms with Gasteiger partial charge in [0.15, 0.2) is 4.34 Å². The Hall–Kier alpha value is -2.26. The van der Waals surface area contributed by atoms with Gasteiger partial charge in [0, 0.05) is 11.4 Å². The average molecular weight is 411 g/mol. The standard InChI is InChI=1S/C18H16F3N3OS2/c19-18(20,21)25-15-10-8-14(9-11-15)22-16-23-24-17(27-16)26-12-4-7-13-5-2-1-3-6-13/h1-3,5-6,8-11H,4,7,12H2,(H,22,23). The maximum absolute atomic E-state index is 12.2. The van der Waals surface area contributed by atoms with E-state index >= 15 is 0 Å². The molecule has 0 fully saturated rings. The highest BCUT2D eigenvalue weighted by Crippen LogP contribution is 2.29. The Labute approximate surface area is 162 Å². The largest absolute Gasteiger partial charge is 0.573 e. The molecule has 142 valence electrons. The van der Waals surface area contributed by atoms with Gasteiger partial charge < -0.3 is 10.1 Å². The minimum Gasteiger partial charge on any atom is -0.406 e. The first-order valence-corrected chi connectivity index (χ1v) is 9.91. The molecule has 0 spiro atoms. The highest BCUT2D eigenvalue weighted by atomic mass is 32.2. The first-order chi connectivity index (χ1) is 13.0. The third-order valence-corrected chi connectivity index (χ3v) is 5.48. The summed E-state index contributed by atoms with van der Waals surface area (Å²) in [5.74, 6) is 0.674. The molecule has 3 aromatic rings. The van der Waals surface area contributed by atoms with E-state index in [2.05, 4.69) is 32.4 Å². The Kier molecular flexibility index (Phi) is 6.57. The number of nitrogens with zero attached hydrogens (tertiary/aromatic N) is 2. The molecular weight excluding hydrogens is 395 g/mol. The Morgan fingerprint density at radius 2 is 1.74 bits per heavy atom. The van der Waals surface area contributed by atoms with Gasteiger partial charge in [0.05, 0.1) is 0 Å². The molecule has 1 aromatic heterocycles. The van der Waals surface area contributed by atoms with Crippen LogP contribution in [0.1, 0.15) is 12.0 Å². The van der Waals surface area contributed by atoms with Crippen LogP contribution in [0.25, 0.3) is 0 Å². The van der Waals surface area contributed by atoms with Crippen molar-refractivity contribution in [3.8, 4) is 5.75 Å². The van der Waals surface area contributed by atoms with E-state index in [1.807, 2.05) is 18.2 Å². The van der Waals surface area contributed by atoms with Crippen LogP contribution in [0.3, 0.4) is 0 Å². The summed E-state index contributed by atoms with van der Waals surface area (Å²) in [6.45, 7) is 0. The fourth-order valence-electron chi connectivity index (χ4n) is 2.26. The molecule has 0 amide bonds. The number of hydrogen-bond donors (Lipinski definition) is 1. The summed E-state index contributed by atoms with van der Waals surface area (Å²) in [5, 5.41) is 11.8. The van der Waals surface area contributed by atoms with Crippen molar-refractivity contribution in [3.63, 3.8) is 0 Å². The summed E-state index contributed by atoms with van der Waals surface area (Å²) in [7, 11) is 0. The van der Waals surface area contributed by atoms with Crippen molar-refractivity contribution in [3.05, 3.63) is 60.2 Å². The molecule has 1 heterocycles. The fourth-order valence-corrected chi connectivity index (χ4v) is 4.04. The lowest BCUT2D eigenvalue weighted by Crippen LogP contribution is -2.16. The summed E-state index contributed by atoms with van der Waals surface area (Å²) in [6.07, 6.45) is -2.64. The van der Waals surface area contributed by atoms with Gasteiger partial charge in [0.1, 0.15) is 5.75 Å². The summed E-state index contributed by atoms with van der Waals surface area (Å²) in [4.78, 5) is 0. The number of benzene rings is 2. The lowest BCUT2D eigenvalue weighted by atomic mass is 10.1. The minimum atomic E-state index is -4.69. The average Bonchev–Trinajstić information content (AvgIpc) is 3.07. The van der Waals surface area contributed by atoms with Crippen molar-refractivity contribution >= 4 is 33.9 Å². The van der Waals surface area contributed by atoms with Crippen molar-refractivity contribution in [1.29, 1.82) is 0 Å². The maximum atomic E-state index is 12.2. The van der Waals surface area contributed by atoms with E-state index in [1.54, 1.807) is 11.8 Å². The second kappa shape index (κ2) is 9.09. The Balaban J connectivity index is 1.45. The van der Waals surface area contributed by atoms with Crippen LogP contribution in [0, 0.1) is 0 Å². The summed E-state index contributed by atoms with van der Waals surface area (Å²) < 4.78 is 41.2. The third kappa shape index (κ3) is 6.76. The third-order valence-electron chi connectivity index (χ3n) is 3.42. The second-order valence-corrected chi connectivity index (χ2v) is 7.83. The van der Waals surface area contributed by atoms with E-state index < -0.39 is 6.36 Å². The van der Waals surface area contributed by atoms with E-state index in [1.165, 1.54) is 41.2 Å². The van der Waals surface area contributed by atoms with Crippen LogP contribution in [-0.2, 0) is 6.42 Å². The van der Waals surface area contributed by atoms with Gasteiger partial charge in [-0.05, 0) is 42.7 Å².